The van der Waals surface area contributed by atoms with E-state index in [2.05, 4.69) is 15.4 Å². The van der Waals surface area contributed by atoms with Crippen molar-refractivity contribution in [3.8, 4) is 11.3 Å². The first kappa shape index (κ1) is 43.5. The number of nitrogens with zero attached hydrogens (tertiary/aromatic N) is 4. The maximum absolute atomic E-state index is 14.0. The number of rotatable bonds is 23. The van der Waals surface area contributed by atoms with E-state index >= 15 is 0 Å². The van der Waals surface area contributed by atoms with Gasteiger partial charge >= 0.3 is 5.97 Å². The van der Waals surface area contributed by atoms with Crippen LogP contribution in [0.25, 0.3) is 22.2 Å². The number of Topliss-reactive ketones (excluding diaryl/α,β-unsaturated/α-hetero) is 1. The van der Waals surface area contributed by atoms with Gasteiger partial charge in [-0.05, 0) is 75.3 Å². The number of nitrogens with one attached hydrogen (secondary N) is 1. The number of carboxylic acid groups (broad SMARTS) is 1. The van der Waals surface area contributed by atoms with Crippen molar-refractivity contribution in [2.45, 2.75) is 51.4 Å². The lowest BCUT2D eigenvalue weighted by atomic mass is 9.85. The molecule has 62 heavy (non-hydrogen) atoms. The highest BCUT2D eigenvalue weighted by Crippen LogP contribution is 2.47. The molecule has 0 spiro atoms. The first-order valence-electron chi connectivity index (χ1n) is 20.7. The van der Waals surface area contributed by atoms with Gasteiger partial charge in [0.1, 0.15) is 11.3 Å². The molecule has 0 amide bonds. The maximum atomic E-state index is 14.0. The first-order chi connectivity index (χ1) is 30.1. The molecule has 4 aromatic carbocycles. The predicted molar refractivity (Wildman–Crippen MR) is 229 cm³/mol. The summed E-state index contributed by atoms with van der Waals surface area (Å²) >= 11 is 0. The van der Waals surface area contributed by atoms with Gasteiger partial charge in [0.15, 0.2) is 11.5 Å². The Balaban J connectivity index is 0.836. The molecular weight excluding hydrogens is 803 g/mol. The Morgan fingerprint density at radius 2 is 1.58 bits per heavy atom. The fourth-order valence-corrected chi connectivity index (χ4v) is 8.04. The lowest BCUT2D eigenvalue weighted by Crippen LogP contribution is -2.39. The molecule has 2 heterocycles. The average Bonchev–Trinajstić information content (AvgIpc) is 3.72. The molecule has 2 aliphatic rings. The van der Waals surface area contributed by atoms with E-state index in [9.17, 15) is 39.7 Å². The number of hydrogen-bond acceptors (Lipinski definition) is 14. The highest BCUT2D eigenvalue weighted by molar-refractivity contribution is 6.29. The minimum Gasteiger partial charge on any atom is -0.478 e. The largest absolute Gasteiger partial charge is 0.478 e. The van der Waals surface area contributed by atoms with Crippen LogP contribution in [0.3, 0.4) is 0 Å². The van der Waals surface area contributed by atoms with E-state index in [-0.39, 0.29) is 34.4 Å². The van der Waals surface area contributed by atoms with Gasteiger partial charge in [0.25, 0.3) is 11.4 Å². The molecule has 1 saturated heterocycles. The Labute approximate surface area is 356 Å². The Hall–Kier alpha value is -6.56. The van der Waals surface area contributed by atoms with Crippen LogP contribution in [0.15, 0.2) is 77.3 Å². The molecule has 0 radical (unpaired) electrons. The number of ketones is 2. The minimum atomic E-state index is -1.07. The summed E-state index contributed by atoms with van der Waals surface area (Å²) in [6.45, 7) is 3.72. The van der Waals surface area contributed by atoms with Gasteiger partial charge in [0, 0.05) is 67.1 Å². The number of aromatic nitrogens is 1. The molecule has 17 nitrogen and oxygen atoms in total. The van der Waals surface area contributed by atoms with E-state index < -0.39 is 15.8 Å². The van der Waals surface area contributed by atoms with Gasteiger partial charge in [-0.2, -0.15) is 0 Å². The van der Waals surface area contributed by atoms with E-state index in [0.717, 1.165) is 31.0 Å². The number of carbonyl (C=O) groups is 3. The third kappa shape index (κ3) is 10.1. The molecule has 2 N–H and O–H groups in total. The summed E-state index contributed by atoms with van der Waals surface area (Å²) in [7, 11) is 0. The SMILES string of the molecule is O=C(O)c1cccc(Nc2cc(N3CCC[C@@H](C(=O)CCCCOCCOCCOCCCCc4ccc([N+](=O)[O-])cc4[N+](=O)[O-])C3)c3noc4c3c2C(=O)c2ccccc2-4)c1. The van der Waals surface area contributed by atoms with Gasteiger partial charge in [-0.1, -0.05) is 35.5 Å². The number of ether oxygens (including phenoxy) is 3. The summed E-state index contributed by atoms with van der Waals surface area (Å²) in [6, 6.07) is 19.2. The second kappa shape index (κ2) is 20.3. The number of carboxylic acids is 1. The van der Waals surface area contributed by atoms with Gasteiger partial charge < -0.3 is 34.1 Å². The number of benzene rings is 4. The van der Waals surface area contributed by atoms with Gasteiger partial charge in [0.2, 0.25) is 0 Å². The van der Waals surface area contributed by atoms with Gasteiger partial charge in [-0.25, -0.2) is 4.79 Å². The monoisotopic (exact) mass is 849 g/mol. The number of nitro groups is 2. The molecule has 1 aromatic heterocycles. The lowest BCUT2D eigenvalue weighted by Gasteiger charge is -2.34. The van der Waals surface area contributed by atoms with E-state index in [0.29, 0.717) is 135 Å². The number of unbranched alkanes of at least 4 members (excludes halogenated alkanes) is 2. The molecule has 1 aliphatic heterocycles. The molecule has 17 heteroatoms. The van der Waals surface area contributed by atoms with Gasteiger partial charge in [-0.15, -0.1) is 0 Å². The third-order valence-corrected chi connectivity index (χ3v) is 11.2. The van der Waals surface area contributed by atoms with Crippen molar-refractivity contribution in [3.63, 3.8) is 0 Å². The predicted octanol–water partition coefficient (Wildman–Crippen LogP) is 8.33. The summed E-state index contributed by atoms with van der Waals surface area (Å²) in [6.07, 6.45) is 5.13. The summed E-state index contributed by atoms with van der Waals surface area (Å²) in [5, 5.41) is 40.2. The third-order valence-electron chi connectivity index (χ3n) is 11.2. The molecule has 1 atom stereocenters. The lowest BCUT2D eigenvalue weighted by molar-refractivity contribution is -0.394. The van der Waals surface area contributed by atoms with Gasteiger partial charge in [0.05, 0.1) is 70.2 Å². The van der Waals surface area contributed by atoms with Crippen molar-refractivity contribution in [1.82, 2.24) is 5.16 Å². The van der Waals surface area contributed by atoms with Crippen LogP contribution in [0, 0.1) is 26.1 Å². The quantitative estimate of drug-likeness (QED) is 0.0351. The highest BCUT2D eigenvalue weighted by atomic mass is 16.6. The summed E-state index contributed by atoms with van der Waals surface area (Å²) in [5.74, 6) is -0.765. The van der Waals surface area contributed by atoms with Crippen molar-refractivity contribution in [3.05, 3.63) is 115 Å². The minimum absolute atomic E-state index is 0.105. The van der Waals surface area contributed by atoms with Crippen LogP contribution in [0.2, 0.25) is 0 Å². The first-order valence-corrected chi connectivity index (χ1v) is 20.7. The molecule has 0 saturated carbocycles. The Kier molecular flexibility index (Phi) is 14.3. The normalized spacial score (nSPS) is 14.5. The van der Waals surface area contributed by atoms with E-state index in [1.165, 1.54) is 24.3 Å². The van der Waals surface area contributed by atoms with Crippen LogP contribution in [-0.2, 0) is 25.4 Å². The zero-order valence-corrected chi connectivity index (χ0v) is 34.0. The number of aryl methyl sites for hydroxylation is 1. The molecule has 5 aromatic rings. The Morgan fingerprint density at radius 3 is 2.31 bits per heavy atom. The van der Waals surface area contributed by atoms with Crippen molar-refractivity contribution in [2.24, 2.45) is 5.92 Å². The fourth-order valence-electron chi connectivity index (χ4n) is 8.04. The summed E-state index contributed by atoms with van der Waals surface area (Å²) in [4.78, 5) is 62.4. The van der Waals surface area contributed by atoms with Crippen molar-refractivity contribution in [1.29, 1.82) is 0 Å². The van der Waals surface area contributed by atoms with E-state index in [1.54, 1.807) is 24.3 Å². The summed E-state index contributed by atoms with van der Waals surface area (Å²) < 4.78 is 22.8. The number of nitro benzene ring substituents is 2. The van der Waals surface area contributed by atoms with Crippen molar-refractivity contribution >= 4 is 56.9 Å². The Morgan fingerprint density at radius 1 is 0.855 bits per heavy atom. The second-order valence-corrected chi connectivity index (χ2v) is 15.3. The topological polar surface area (TPSA) is 227 Å². The van der Waals surface area contributed by atoms with Crippen LogP contribution in [0.4, 0.5) is 28.4 Å². The van der Waals surface area contributed by atoms with Crippen molar-refractivity contribution in [2.75, 3.05) is 62.9 Å². The maximum Gasteiger partial charge on any atom is 0.335 e. The zero-order valence-electron chi connectivity index (χ0n) is 34.0. The Bertz CT molecular complexity index is 2470. The molecular formula is C45H47N5O12. The number of fused-ring (bicyclic) bond motifs is 2. The molecule has 1 aliphatic carbocycles. The number of anilines is 3. The molecule has 7 rings (SSSR count). The number of non-ortho nitro benzene ring substituents is 1. The number of aromatic carboxylic acids is 1. The second-order valence-electron chi connectivity index (χ2n) is 15.3. The smallest absolute Gasteiger partial charge is 0.335 e. The van der Waals surface area contributed by atoms with E-state index in [4.69, 9.17) is 18.7 Å². The van der Waals surface area contributed by atoms with Crippen LogP contribution in [0.1, 0.15) is 76.8 Å². The number of carbonyl (C=O) groups excluding carboxylic acids is 2. The average molecular weight is 850 g/mol. The number of piperidine rings is 1. The van der Waals surface area contributed by atoms with Crippen LogP contribution >= 0.6 is 0 Å². The van der Waals surface area contributed by atoms with Crippen molar-refractivity contribution < 1.29 is 48.1 Å². The molecule has 0 unspecified atom stereocenters. The standard InChI is InChI=1S/C45H47N5O12/c51-39(15-4-6-20-60-22-24-61-23-21-59-19-5-3-9-29-16-17-33(49(55)56)26-37(29)50(57)58)31-11-8-18-48(28-31)38-27-36(46-32-12-7-10-30(25-32)45(53)54)40-41-42(38)47-62-44(41)35-14-2-1-13-34(35)43(40)52/h1-2,7,10,12-14,16-17,25-27,31,46H,3-6,8-9,11,15,18-24,28H2,(H,53,54)/t31-/m1/s1. The highest BCUT2D eigenvalue weighted by Gasteiger charge is 2.35. The summed E-state index contributed by atoms with van der Waals surface area (Å²) in [5.41, 5.74) is 3.81. The number of hydrogen-bond donors (Lipinski definition) is 2. The van der Waals surface area contributed by atoms with Gasteiger partial charge in [-0.3, -0.25) is 29.8 Å². The van der Waals surface area contributed by atoms with Crippen LogP contribution in [-0.4, -0.2) is 90.4 Å². The van der Waals surface area contributed by atoms with E-state index in [1.807, 2.05) is 18.2 Å². The van der Waals surface area contributed by atoms with Crippen LogP contribution < -0.4 is 10.2 Å². The van der Waals surface area contributed by atoms with Crippen LogP contribution in [0.5, 0.6) is 0 Å². The molecule has 0 bridgehead atoms. The zero-order chi connectivity index (χ0) is 43.6. The fraction of sp³-hybridized carbons (Fsp3) is 0.378. The molecule has 1 fully saturated rings. The molecule has 324 valence electrons.